The Morgan fingerprint density at radius 1 is 1.07 bits per heavy atom. The summed E-state index contributed by atoms with van der Waals surface area (Å²) in [6, 6.07) is -0.0971. The molecule has 0 aromatic rings. The fourth-order valence-electron chi connectivity index (χ4n) is 3.56. The van der Waals surface area contributed by atoms with Gasteiger partial charge in [-0.05, 0) is 29.7 Å². The Balaban J connectivity index is 2.43. The molecule has 1 aliphatic rings. The Hall–Kier alpha value is -1.87. The van der Waals surface area contributed by atoms with Crippen molar-refractivity contribution in [1.29, 1.82) is 0 Å². The van der Waals surface area contributed by atoms with E-state index in [4.69, 9.17) is 24.5 Å². The summed E-state index contributed by atoms with van der Waals surface area (Å²) in [5.41, 5.74) is 8.16. The molecule has 0 radical (unpaired) electrons. The van der Waals surface area contributed by atoms with E-state index in [9.17, 15) is 9.59 Å². The maximum absolute atomic E-state index is 11.6. The van der Waals surface area contributed by atoms with Crippen molar-refractivity contribution in [3.63, 3.8) is 0 Å². The number of rotatable bonds is 13. The topological polar surface area (TPSA) is 132 Å². The van der Waals surface area contributed by atoms with Crippen LogP contribution in [0.15, 0.2) is 5.11 Å². The number of hydrogen-bond donors (Lipinski definition) is 1. The van der Waals surface area contributed by atoms with Crippen LogP contribution in [0.5, 0.6) is 0 Å². The van der Waals surface area contributed by atoms with Crippen LogP contribution in [0.25, 0.3) is 10.4 Å². The number of esters is 1. The van der Waals surface area contributed by atoms with Crippen LogP contribution >= 0.6 is 0 Å². The van der Waals surface area contributed by atoms with Crippen molar-refractivity contribution in [2.75, 3.05) is 46.2 Å². The lowest BCUT2D eigenvalue weighted by Gasteiger charge is -2.44. The largest absolute Gasteiger partial charge is 0.466 e. The first-order valence-electron chi connectivity index (χ1n) is 10.0. The van der Waals surface area contributed by atoms with Gasteiger partial charge in [0.1, 0.15) is 0 Å². The normalized spacial score (nSPS) is 26.4. The molecule has 1 saturated carbocycles. The third kappa shape index (κ3) is 9.94. The molecule has 166 valence electrons. The molecule has 0 bridgehead atoms. The molecule has 0 aliphatic heterocycles. The minimum Gasteiger partial charge on any atom is -0.466 e. The number of azide groups is 1. The summed E-state index contributed by atoms with van der Waals surface area (Å²) in [5.74, 6) is 0.263. The second-order valence-corrected chi connectivity index (χ2v) is 7.33. The third-order valence-electron chi connectivity index (χ3n) is 5.28. The van der Waals surface area contributed by atoms with Gasteiger partial charge in [-0.2, -0.15) is 0 Å². The van der Waals surface area contributed by atoms with Crippen LogP contribution in [0, 0.1) is 17.8 Å². The van der Waals surface area contributed by atoms with Gasteiger partial charge >= 0.3 is 5.97 Å². The molecule has 29 heavy (non-hydrogen) atoms. The van der Waals surface area contributed by atoms with E-state index in [0.29, 0.717) is 52.6 Å². The van der Waals surface area contributed by atoms with Gasteiger partial charge in [-0.3, -0.25) is 9.59 Å². The van der Waals surface area contributed by atoms with Crippen molar-refractivity contribution in [2.24, 2.45) is 22.9 Å². The van der Waals surface area contributed by atoms with Crippen LogP contribution in [-0.2, 0) is 28.5 Å². The highest BCUT2D eigenvalue weighted by Crippen LogP contribution is 2.36. The molecule has 0 saturated heterocycles. The average Bonchev–Trinajstić information content (AvgIpc) is 2.67. The van der Waals surface area contributed by atoms with Gasteiger partial charge in [0.25, 0.3) is 0 Å². The molecular formula is C19H34N4O6. The first kappa shape index (κ1) is 25.2. The zero-order valence-electron chi connectivity index (χ0n) is 17.8. The number of hydrogen-bond acceptors (Lipinski definition) is 7. The Morgan fingerprint density at radius 3 is 2.34 bits per heavy atom. The van der Waals surface area contributed by atoms with Crippen LogP contribution < -0.4 is 5.32 Å². The lowest BCUT2D eigenvalue weighted by atomic mass is 9.70. The number of amides is 1. The molecule has 0 aromatic carbocycles. The highest BCUT2D eigenvalue weighted by Gasteiger charge is 2.41. The molecule has 10 nitrogen and oxygen atoms in total. The lowest BCUT2D eigenvalue weighted by Crippen LogP contribution is -2.55. The van der Waals surface area contributed by atoms with Gasteiger partial charge in [-0.1, -0.05) is 19.0 Å². The van der Waals surface area contributed by atoms with Gasteiger partial charge in [0.15, 0.2) is 0 Å². The molecule has 0 aromatic heterocycles. The van der Waals surface area contributed by atoms with Gasteiger partial charge in [0, 0.05) is 25.3 Å². The maximum atomic E-state index is 11.6. The van der Waals surface area contributed by atoms with Crippen LogP contribution in [0.4, 0.5) is 0 Å². The lowest BCUT2D eigenvalue weighted by molar-refractivity contribution is -0.145. The van der Waals surface area contributed by atoms with Crippen molar-refractivity contribution < 1.29 is 28.5 Å². The highest BCUT2D eigenvalue weighted by atomic mass is 16.5. The second kappa shape index (κ2) is 14.2. The van der Waals surface area contributed by atoms with Gasteiger partial charge in [0.05, 0.1) is 51.8 Å². The molecule has 1 N–H and O–H groups in total. The predicted molar refractivity (Wildman–Crippen MR) is 106 cm³/mol. The molecule has 1 aliphatic carbocycles. The van der Waals surface area contributed by atoms with E-state index >= 15 is 0 Å². The quantitative estimate of drug-likeness (QED) is 0.161. The number of carbonyl (C=O) groups is 2. The Bertz CT molecular complexity index is 553. The van der Waals surface area contributed by atoms with Crippen LogP contribution in [-0.4, -0.2) is 70.2 Å². The Kier molecular flexibility index (Phi) is 12.3. The van der Waals surface area contributed by atoms with Crippen molar-refractivity contribution in [3.05, 3.63) is 10.4 Å². The standard InChI is InChI=1S/C19H34N4O6/c1-13-14(2)19(22-15(3)24)18(11-17(13)12-29-16(4)25)28-10-9-27-8-7-26-6-5-21-23-20/h13-14,17-19H,5-12H2,1-4H3,(H,22,24)/t13-,14+,17?,18-,19?/m1/s1. The molecule has 1 fully saturated rings. The van der Waals surface area contributed by atoms with E-state index < -0.39 is 0 Å². The fourth-order valence-corrected chi connectivity index (χ4v) is 3.56. The third-order valence-corrected chi connectivity index (χ3v) is 5.28. The summed E-state index contributed by atoms with van der Waals surface area (Å²) in [5, 5.41) is 6.39. The molecule has 1 rings (SSSR count). The SMILES string of the molecule is CC(=O)NC1[C@@H](C)[C@@H](C)C(COC(C)=O)C[C@H]1OCCOCCOCCN=[N+]=[N-]. The van der Waals surface area contributed by atoms with Crippen molar-refractivity contribution >= 4 is 11.9 Å². The summed E-state index contributed by atoms with van der Waals surface area (Å²) in [7, 11) is 0. The van der Waals surface area contributed by atoms with E-state index in [2.05, 4.69) is 29.2 Å². The Morgan fingerprint density at radius 2 is 1.72 bits per heavy atom. The molecular weight excluding hydrogens is 380 g/mol. The monoisotopic (exact) mass is 414 g/mol. The zero-order valence-corrected chi connectivity index (χ0v) is 17.8. The van der Waals surface area contributed by atoms with E-state index in [1.165, 1.54) is 13.8 Å². The van der Waals surface area contributed by atoms with Gasteiger partial charge < -0.3 is 24.3 Å². The fraction of sp³-hybridized carbons (Fsp3) is 0.895. The van der Waals surface area contributed by atoms with Crippen LogP contribution in [0.3, 0.4) is 0 Å². The number of carbonyl (C=O) groups excluding carboxylic acids is 2. The zero-order chi connectivity index (χ0) is 21.6. The van der Waals surface area contributed by atoms with Gasteiger partial charge in [-0.15, -0.1) is 0 Å². The van der Waals surface area contributed by atoms with Crippen molar-refractivity contribution in [3.8, 4) is 0 Å². The molecule has 2 unspecified atom stereocenters. The highest BCUT2D eigenvalue weighted by molar-refractivity contribution is 5.73. The summed E-state index contributed by atoms with van der Waals surface area (Å²) in [4.78, 5) is 25.5. The summed E-state index contributed by atoms with van der Waals surface area (Å²) in [6.07, 6.45) is 0.529. The predicted octanol–water partition coefficient (Wildman–Crippen LogP) is 2.08. The Labute approximate surface area is 172 Å². The number of ether oxygens (including phenoxy) is 4. The van der Waals surface area contributed by atoms with Gasteiger partial charge in [-0.25, -0.2) is 0 Å². The van der Waals surface area contributed by atoms with E-state index in [1.54, 1.807) is 0 Å². The summed E-state index contributed by atoms with van der Waals surface area (Å²) < 4.78 is 22.0. The van der Waals surface area contributed by atoms with Gasteiger partial charge in [0.2, 0.25) is 5.91 Å². The first-order valence-corrected chi connectivity index (χ1v) is 10.0. The molecule has 0 heterocycles. The maximum Gasteiger partial charge on any atom is 0.302 e. The van der Waals surface area contributed by atoms with E-state index in [1.807, 2.05) is 0 Å². The average molecular weight is 415 g/mol. The first-order chi connectivity index (χ1) is 13.9. The molecule has 5 atom stereocenters. The van der Waals surface area contributed by atoms with E-state index in [-0.39, 0.29) is 41.8 Å². The number of nitrogens with zero attached hydrogens (tertiary/aromatic N) is 3. The van der Waals surface area contributed by atoms with Crippen molar-refractivity contribution in [1.82, 2.24) is 5.32 Å². The number of nitrogens with one attached hydrogen (secondary N) is 1. The molecule has 1 amide bonds. The van der Waals surface area contributed by atoms with Crippen LogP contribution in [0.2, 0.25) is 0 Å². The van der Waals surface area contributed by atoms with E-state index in [0.717, 1.165) is 0 Å². The summed E-state index contributed by atoms with van der Waals surface area (Å²) >= 11 is 0. The molecule has 0 spiro atoms. The van der Waals surface area contributed by atoms with Crippen LogP contribution in [0.1, 0.15) is 34.1 Å². The minimum atomic E-state index is -0.290. The smallest absolute Gasteiger partial charge is 0.302 e. The van der Waals surface area contributed by atoms with Crippen molar-refractivity contribution in [2.45, 2.75) is 46.3 Å². The molecule has 10 heteroatoms. The minimum absolute atomic E-state index is 0.0878. The second-order valence-electron chi connectivity index (χ2n) is 7.33. The summed E-state index contributed by atoms with van der Waals surface area (Å²) in [6.45, 7) is 9.77.